The normalized spacial score (nSPS) is 11.7. The SMILES string of the molecule is CCOc1ccc(-c2cc(-c3ccc(-c4ccc5ccccc5c4)cc3)c3ccc4c(-c5ccc(OCC)cc5)cc(-c5ccc(-c6ccc7ccccc7c6)cc5)c5ccc2c3c45)cc1.Cc1cc(C)cc(-c2cc(-c3ccc(-c4ccc5ccccc5c4)cc3)c3ccc4c(-c5cc(C)cc(C)c5)cc(-c5ccc(-c6ccc7ccccc7c6)cc5)c5ccc2c3c54)c1. The fourth-order valence-corrected chi connectivity index (χ4v) is 20.8. The van der Waals surface area contributed by atoms with Gasteiger partial charge in [0.1, 0.15) is 11.5 Å². The van der Waals surface area contributed by atoms with Crippen molar-refractivity contribution in [1.82, 2.24) is 0 Å². The topological polar surface area (TPSA) is 18.5 Å². The molecule has 24 aromatic rings. The molecule has 24 aromatic carbocycles. The van der Waals surface area contributed by atoms with Crippen molar-refractivity contribution >= 4 is 108 Å². The van der Waals surface area contributed by atoms with Crippen molar-refractivity contribution in [2.24, 2.45) is 0 Å². The van der Waals surface area contributed by atoms with Gasteiger partial charge >= 0.3 is 0 Å². The Hall–Kier alpha value is -16.0. The van der Waals surface area contributed by atoms with Crippen molar-refractivity contribution in [2.45, 2.75) is 41.5 Å². The highest BCUT2D eigenvalue weighted by atomic mass is 16.5. The third-order valence-corrected chi connectivity index (χ3v) is 26.9. The van der Waals surface area contributed by atoms with Crippen molar-refractivity contribution in [1.29, 1.82) is 0 Å². The van der Waals surface area contributed by atoms with Crippen LogP contribution in [0.3, 0.4) is 0 Å². The van der Waals surface area contributed by atoms with E-state index in [1.165, 1.54) is 252 Å². The van der Waals surface area contributed by atoms with E-state index in [9.17, 15) is 0 Å². The lowest BCUT2D eigenvalue weighted by atomic mass is 9.81. The van der Waals surface area contributed by atoms with Gasteiger partial charge in [-0.1, -0.05) is 374 Å². The molecule has 0 unspecified atom stereocenters. The molecule has 0 amide bonds. The lowest BCUT2D eigenvalue weighted by Gasteiger charge is -2.22. The van der Waals surface area contributed by atoms with E-state index < -0.39 is 0 Å². The first-order valence-corrected chi connectivity index (χ1v) is 45.5. The summed E-state index contributed by atoms with van der Waals surface area (Å²) in [5.74, 6) is 1.75. The zero-order valence-electron chi connectivity index (χ0n) is 73.6. The van der Waals surface area contributed by atoms with Crippen LogP contribution in [-0.4, -0.2) is 13.2 Å². The summed E-state index contributed by atoms with van der Waals surface area (Å²) in [7, 11) is 0. The minimum Gasteiger partial charge on any atom is -0.494 e. The van der Waals surface area contributed by atoms with Crippen molar-refractivity contribution in [3.63, 3.8) is 0 Å². The van der Waals surface area contributed by atoms with Gasteiger partial charge in [0.05, 0.1) is 13.2 Å². The summed E-state index contributed by atoms with van der Waals surface area (Å²) in [4.78, 5) is 0. The summed E-state index contributed by atoms with van der Waals surface area (Å²) in [6.07, 6.45) is 0. The first-order chi connectivity index (χ1) is 63.9. The van der Waals surface area contributed by atoms with Crippen LogP contribution < -0.4 is 9.47 Å². The Bertz CT molecular complexity index is 7990. The van der Waals surface area contributed by atoms with Gasteiger partial charge in [0.25, 0.3) is 0 Å². The first-order valence-electron chi connectivity index (χ1n) is 45.5. The van der Waals surface area contributed by atoms with E-state index in [2.05, 4.69) is 452 Å². The van der Waals surface area contributed by atoms with E-state index in [0.29, 0.717) is 13.2 Å². The maximum Gasteiger partial charge on any atom is 0.119 e. The van der Waals surface area contributed by atoms with Crippen LogP contribution in [-0.2, 0) is 0 Å². The predicted octanol–water partition coefficient (Wildman–Crippen LogP) is 35.8. The number of hydrogen-bond donors (Lipinski definition) is 0. The van der Waals surface area contributed by atoms with E-state index in [4.69, 9.17) is 9.47 Å². The Morgan fingerprint density at radius 1 is 0.146 bits per heavy atom. The molecule has 0 N–H and O–H groups in total. The summed E-state index contributed by atoms with van der Waals surface area (Å²) in [6.45, 7) is 14.2. The molecule has 0 aliphatic heterocycles. The van der Waals surface area contributed by atoms with Gasteiger partial charge in [-0.15, -0.1) is 0 Å². The average Bonchev–Trinajstić information content (AvgIpc) is 0.709. The molecule has 0 atom stereocenters. The van der Waals surface area contributed by atoms with Gasteiger partial charge in [-0.3, -0.25) is 0 Å². The van der Waals surface area contributed by atoms with Gasteiger partial charge < -0.3 is 9.47 Å². The highest BCUT2D eigenvalue weighted by Gasteiger charge is 2.26. The quantitative estimate of drug-likeness (QED) is 0.0898. The summed E-state index contributed by atoms with van der Waals surface area (Å²) in [6, 6.07) is 158. The molecule has 0 radical (unpaired) electrons. The standard InChI is InChI=1S/C64H46O2.C64H46/c1-3-65-53-29-25-47(26-30-53)61-39-59(45-19-13-43(14-20-45)51-23-17-41-9-5-7-11-49(41)37-51)55-34-36-58-62(48-27-31-54(32-28-48)66-4-2)40-60(56-33-35-57(61)63(55)64(56)58)46-21-15-44(16-22-46)52-24-18-42-10-6-8-12-50(42)38-52;1-39-29-40(2)32-53(31-39)61-37-59(47-19-13-45(14-20-47)51-23-17-43-9-5-7-11-49(43)35-51)55-26-28-58-62(54-33-41(3)30-42(4)34-54)38-60(56-25-27-57(61)63(55)64(56)58)48-21-15-46(16-22-48)52-24-18-44-10-6-8-12-50(44)36-52/h5-40H,3-4H2,1-2H3;5-38H,1-4H3. The molecule has 0 heterocycles. The van der Waals surface area contributed by atoms with Crippen molar-refractivity contribution in [2.75, 3.05) is 13.2 Å². The van der Waals surface area contributed by atoms with E-state index in [1.54, 1.807) is 0 Å². The molecule has 0 bridgehead atoms. The second-order valence-electron chi connectivity index (χ2n) is 35.3. The number of aryl methyl sites for hydroxylation is 4. The van der Waals surface area contributed by atoms with Gasteiger partial charge in [-0.2, -0.15) is 0 Å². The second kappa shape index (κ2) is 32.8. The molecule has 616 valence electrons. The summed E-state index contributed by atoms with van der Waals surface area (Å²) >= 11 is 0. The summed E-state index contributed by atoms with van der Waals surface area (Å²) in [5, 5.41) is 25.2. The van der Waals surface area contributed by atoms with Gasteiger partial charge in [-0.25, -0.2) is 0 Å². The first kappa shape index (κ1) is 78.7. The van der Waals surface area contributed by atoms with Crippen LogP contribution in [0.1, 0.15) is 36.1 Å². The molecule has 130 heavy (non-hydrogen) atoms. The van der Waals surface area contributed by atoms with Crippen LogP contribution in [0.15, 0.2) is 425 Å². The minimum absolute atomic E-state index is 0.628. The fourth-order valence-electron chi connectivity index (χ4n) is 20.8. The van der Waals surface area contributed by atoms with Gasteiger partial charge in [0.2, 0.25) is 0 Å². The van der Waals surface area contributed by atoms with Crippen LogP contribution in [0.5, 0.6) is 11.5 Å². The minimum atomic E-state index is 0.628. The second-order valence-corrected chi connectivity index (χ2v) is 35.3. The zero-order valence-corrected chi connectivity index (χ0v) is 73.6. The van der Waals surface area contributed by atoms with Crippen LogP contribution >= 0.6 is 0 Å². The van der Waals surface area contributed by atoms with Gasteiger partial charge in [0.15, 0.2) is 0 Å². The molecule has 0 fully saturated rings. The molecule has 2 nitrogen and oxygen atoms in total. The Labute approximate surface area is 758 Å². The smallest absolute Gasteiger partial charge is 0.119 e. The van der Waals surface area contributed by atoms with E-state index >= 15 is 0 Å². The molecule has 0 saturated heterocycles. The Morgan fingerprint density at radius 3 is 0.531 bits per heavy atom. The molecule has 2 heteroatoms. The number of hydrogen-bond acceptors (Lipinski definition) is 2. The molecular weight excluding hydrogens is 1570 g/mol. The van der Waals surface area contributed by atoms with Gasteiger partial charge in [-0.05, 0) is 356 Å². The molecule has 24 rings (SSSR count). The maximum absolute atomic E-state index is 5.91. The number of benzene rings is 24. The third kappa shape index (κ3) is 14.4. The van der Waals surface area contributed by atoms with Gasteiger partial charge in [0, 0.05) is 0 Å². The van der Waals surface area contributed by atoms with E-state index in [0.717, 1.165) is 22.6 Å². The number of ether oxygens (including phenoxy) is 2. The molecule has 0 spiro atoms. The molecule has 0 aliphatic carbocycles. The van der Waals surface area contributed by atoms with E-state index in [1.807, 2.05) is 13.8 Å². The van der Waals surface area contributed by atoms with Crippen LogP contribution in [0.4, 0.5) is 0 Å². The summed E-state index contributed by atoms with van der Waals surface area (Å²) < 4.78 is 11.8. The van der Waals surface area contributed by atoms with Crippen LogP contribution in [0.2, 0.25) is 0 Å². The fraction of sp³-hybridized carbons (Fsp3) is 0.0625. The number of rotatable bonds is 16. The lowest BCUT2D eigenvalue weighted by Crippen LogP contribution is -1.95. The molecule has 0 aromatic heterocycles. The maximum atomic E-state index is 5.91. The number of fused-ring (bicyclic) bond motifs is 4. The highest BCUT2D eigenvalue weighted by Crippen LogP contribution is 2.53. The monoisotopic (exact) mass is 1660 g/mol. The summed E-state index contributed by atoms with van der Waals surface area (Å²) in [5.41, 5.74) is 34.2. The third-order valence-electron chi connectivity index (χ3n) is 26.9. The van der Waals surface area contributed by atoms with Crippen molar-refractivity contribution < 1.29 is 9.47 Å². The zero-order chi connectivity index (χ0) is 87.2. The lowest BCUT2D eigenvalue weighted by molar-refractivity contribution is 0.340. The van der Waals surface area contributed by atoms with Crippen molar-refractivity contribution in [3.8, 4) is 145 Å². The Balaban J connectivity index is 0.000000148. The van der Waals surface area contributed by atoms with E-state index in [-0.39, 0.29) is 0 Å². The Morgan fingerprint density at radius 2 is 0.323 bits per heavy atom. The van der Waals surface area contributed by atoms with Crippen molar-refractivity contribution in [3.05, 3.63) is 447 Å². The van der Waals surface area contributed by atoms with Crippen LogP contribution in [0.25, 0.3) is 241 Å². The largest absolute Gasteiger partial charge is 0.494 e. The Kier molecular flexibility index (Phi) is 19.8. The van der Waals surface area contributed by atoms with Crippen LogP contribution in [0, 0.1) is 27.7 Å². The molecular formula is C128H92O2. The molecule has 0 aliphatic rings. The highest BCUT2D eigenvalue weighted by molar-refractivity contribution is 6.34. The molecule has 0 saturated carbocycles. The average molecular weight is 1660 g/mol. The predicted molar refractivity (Wildman–Crippen MR) is 557 cm³/mol.